The molecule has 1 amide bonds. The molecule has 0 aliphatic carbocycles. The van der Waals surface area contributed by atoms with Crippen LogP contribution >= 0.6 is 12.4 Å². The lowest BCUT2D eigenvalue weighted by atomic mass is 10.1. The molecule has 1 aromatic rings. The average Bonchev–Trinajstić information content (AvgIpc) is 2.88. The maximum Gasteiger partial charge on any atom is 0.252 e. The number of ether oxygens (including phenoxy) is 1. The van der Waals surface area contributed by atoms with Gasteiger partial charge in [0.2, 0.25) is 10.0 Å². The van der Waals surface area contributed by atoms with Gasteiger partial charge in [-0.25, -0.2) is 8.42 Å². The zero-order chi connectivity index (χ0) is 16.5. The van der Waals surface area contributed by atoms with Crippen LogP contribution in [0.25, 0.3) is 0 Å². The highest BCUT2D eigenvalue weighted by Crippen LogP contribution is 2.30. The number of carbonyl (C=O) groups excluding carboxylic acids is 1. The van der Waals surface area contributed by atoms with E-state index in [1.54, 1.807) is 0 Å². The van der Waals surface area contributed by atoms with Crippen LogP contribution < -0.4 is 16.2 Å². The molecule has 0 saturated carbocycles. The first-order valence-electron chi connectivity index (χ1n) is 7.01. The van der Waals surface area contributed by atoms with Crippen molar-refractivity contribution in [3.05, 3.63) is 23.8 Å². The molecule has 2 atom stereocenters. The van der Waals surface area contributed by atoms with E-state index in [1.807, 2.05) is 6.92 Å². The SMILES string of the molecule is COc1ccc(S(=O)(=O)N2CC(CN)CC2C)cc1C(N)=O.Cl. The molecule has 7 nitrogen and oxygen atoms in total. The summed E-state index contributed by atoms with van der Waals surface area (Å²) in [7, 11) is -2.30. The van der Waals surface area contributed by atoms with Crippen molar-refractivity contribution in [3.63, 3.8) is 0 Å². The second-order valence-electron chi connectivity index (χ2n) is 5.49. The lowest BCUT2D eigenvalue weighted by Gasteiger charge is -2.21. The summed E-state index contributed by atoms with van der Waals surface area (Å²) in [4.78, 5) is 11.5. The van der Waals surface area contributed by atoms with E-state index in [9.17, 15) is 13.2 Å². The minimum Gasteiger partial charge on any atom is -0.496 e. The second-order valence-corrected chi connectivity index (χ2v) is 7.38. The van der Waals surface area contributed by atoms with Crippen LogP contribution in [0.2, 0.25) is 0 Å². The van der Waals surface area contributed by atoms with Gasteiger partial charge >= 0.3 is 0 Å². The number of nitrogens with two attached hydrogens (primary N) is 2. The topological polar surface area (TPSA) is 116 Å². The van der Waals surface area contributed by atoms with Gasteiger partial charge < -0.3 is 16.2 Å². The molecule has 2 unspecified atom stereocenters. The van der Waals surface area contributed by atoms with Gasteiger partial charge in [0.1, 0.15) is 5.75 Å². The fourth-order valence-electron chi connectivity index (χ4n) is 2.79. The molecule has 1 aliphatic heterocycles. The van der Waals surface area contributed by atoms with E-state index < -0.39 is 15.9 Å². The fourth-order valence-corrected chi connectivity index (χ4v) is 4.53. The van der Waals surface area contributed by atoms with E-state index in [2.05, 4.69) is 0 Å². The van der Waals surface area contributed by atoms with Crippen LogP contribution in [0.3, 0.4) is 0 Å². The summed E-state index contributed by atoms with van der Waals surface area (Å²) in [6.45, 7) is 2.69. The molecule has 0 radical (unpaired) electrons. The Morgan fingerprint density at radius 2 is 2.09 bits per heavy atom. The molecule has 0 bridgehead atoms. The van der Waals surface area contributed by atoms with Gasteiger partial charge in [0.15, 0.2) is 0 Å². The number of hydrogen-bond donors (Lipinski definition) is 2. The Hall–Kier alpha value is -1.35. The highest BCUT2D eigenvalue weighted by atomic mass is 35.5. The molecule has 130 valence electrons. The Labute approximate surface area is 142 Å². The molecule has 4 N–H and O–H groups in total. The predicted molar refractivity (Wildman–Crippen MR) is 89.3 cm³/mol. The number of halogens is 1. The van der Waals surface area contributed by atoms with Crippen molar-refractivity contribution in [3.8, 4) is 5.75 Å². The molecule has 2 rings (SSSR count). The summed E-state index contributed by atoms with van der Waals surface area (Å²) in [5.41, 5.74) is 11.0. The second kappa shape index (κ2) is 7.48. The number of primary amides is 1. The quantitative estimate of drug-likeness (QED) is 0.793. The maximum absolute atomic E-state index is 12.8. The highest BCUT2D eigenvalue weighted by molar-refractivity contribution is 7.89. The molecule has 1 aliphatic rings. The average molecular weight is 364 g/mol. The fraction of sp³-hybridized carbons (Fsp3) is 0.500. The molecule has 9 heteroatoms. The van der Waals surface area contributed by atoms with Crippen LogP contribution in [0.4, 0.5) is 0 Å². The van der Waals surface area contributed by atoms with Gasteiger partial charge in [0.05, 0.1) is 17.6 Å². The van der Waals surface area contributed by atoms with E-state index in [4.69, 9.17) is 16.2 Å². The van der Waals surface area contributed by atoms with Crippen LogP contribution in [0, 0.1) is 5.92 Å². The van der Waals surface area contributed by atoms with Crippen molar-refractivity contribution in [2.45, 2.75) is 24.3 Å². The first kappa shape index (κ1) is 19.7. The van der Waals surface area contributed by atoms with E-state index in [0.717, 1.165) is 6.42 Å². The summed E-state index contributed by atoms with van der Waals surface area (Å²) in [6, 6.07) is 3.99. The van der Waals surface area contributed by atoms with Crippen molar-refractivity contribution in [1.29, 1.82) is 0 Å². The zero-order valence-corrected chi connectivity index (χ0v) is 14.7. The highest BCUT2D eigenvalue weighted by Gasteiger charge is 2.37. The zero-order valence-electron chi connectivity index (χ0n) is 13.1. The van der Waals surface area contributed by atoms with Crippen molar-refractivity contribution in [1.82, 2.24) is 4.31 Å². The number of hydrogen-bond acceptors (Lipinski definition) is 5. The lowest BCUT2D eigenvalue weighted by Crippen LogP contribution is -2.34. The Morgan fingerprint density at radius 3 is 2.57 bits per heavy atom. The smallest absolute Gasteiger partial charge is 0.252 e. The van der Waals surface area contributed by atoms with E-state index in [1.165, 1.54) is 29.6 Å². The summed E-state index contributed by atoms with van der Waals surface area (Å²) in [5, 5.41) is 0. The minimum absolute atomic E-state index is 0. The number of amides is 1. The molecule has 0 spiro atoms. The van der Waals surface area contributed by atoms with Gasteiger partial charge in [0, 0.05) is 12.6 Å². The monoisotopic (exact) mass is 363 g/mol. The van der Waals surface area contributed by atoms with Gasteiger partial charge in [-0.05, 0) is 44.0 Å². The standard InChI is InChI=1S/C14H21N3O4S.ClH/c1-9-5-10(7-15)8-17(9)22(19,20)11-3-4-13(21-2)12(6-11)14(16)18;/h3-4,6,9-10H,5,7-8,15H2,1-2H3,(H2,16,18);1H. The van der Waals surface area contributed by atoms with E-state index >= 15 is 0 Å². The van der Waals surface area contributed by atoms with Crippen LogP contribution in [0.1, 0.15) is 23.7 Å². The third-order valence-electron chi connectivity index (χ3n) is 3.98. The van der Waals surface area contributed by atoms with Gasteiger partial charge in [0.25, 0.3) is 5.91 Å². The molecule has 0 aromatic heterocycles. The molecular formula is C14H22ClN3O4S. The maximum atomic E-state index is 12.8. The summed E-state index contributed by atoms with van der Waals surface area (Å²) >= 11 is 0. The van der Waals surface area contributed by atoms with Gasteiger partial charge in [-0.15, -0.1) is 12.4 Å². The minimum atomic E-state index is -3.70. The summed E-state index contributed by atoms with van der Waals surface area (Å²) < 4.78 is 32.0. The van der Waals surface area contributed by atoms with E-state index in [-0.39, 0.29) is 40.6 Å². The van der Waals surface area contributed by atoms with Gasteiger partial charge in [-0.3, -0.25) is 4.79 Å². The largest absolute Gasteiger partial charge is 0.496 e. The van der Waals surface area contributed by atoms with Crippen LogP contribution in [-0.4, -0.2) is 44.9 Å². The van der Waals surface area contributed by atoms with Crippen molar-refractivity contribution in [2.75, 3.05) is 20.2 Å². The molecule has 1 saturated heterocycles. The number of methoxy groups -OCH3 is 1. The first-order chi connectivity index (χ1) is 10.3. The van der Waals surface area contributed by atoms with Gasteiger partial charge in [-0.1, -0.05) is 0 Å². The van der Waals surface area contributed by atoms with Crippen molar-refractivity contribution >= 4 is 28.3 Å². The van der Waals surface area contributed by atoms with E-state index in [0.29, 0.717) is 13.1 Å². The normalized spacial score (nSPS) is 21.7. The molecule has 1 heterocycles. The van der Waals surface area contributed by atoms with Crippen LogP contribution in [0.15, 0.2) is 23.1 Å². The predicted octanol–water partition coefficient (Wildman–Crippen LogP) is 0.574. The molecule has 1 aromatic carbocycles. The number of carbonyl (C=O) groups is 1. The lowest BCUT2D eigenvalue weighted by molar-refractivity contribution is 0.0997. The number of sulfonamides is 1. The number of rotatable bonds is 5. The number of nitrogens with zero attached hydrogens (tertiary/aromatic N) is 1. The summed E-state index contributed by atoms with van der Waals surface area (Å²) in [5.74, 6) is -0.331. The Morgan fingerprint density at radius 1 is 1.43 bits per heavy atom. The summed E-state index contributed by atoms with van der Waals surface area (Å²) in [6.07, 6.45) is 0.731. The third-order valence-corrected chi connectivity index (χ3v) is 5.96. The Kier molecular flexibility index (Phi) is 6.41. The van der Waals surface area contributed by atoms with Crippen LogP contribution in [0.5, 0.6) is 5.75 Å². The van der Waals surface area contributed by atoms with Gasteiger partial charge in [-0.2, -0.15) is 4.31 Å². The molecular weight excluding hydrogens is 342 g/mol. The van der Waals surface area contributed by atoms with Crippen LogP contribution in [-0.2, 0) is 10.0 Å². The third kappa shape index (κ3) is 3.77. The Bertz CT molecular complexity index is 681. The number of benzene rings is 1. The Balaban J connectivity index is 0.00000264. The van der Waals surface area contributed by atoms with Crippen molar-refractivity contribution in [2.24, 2.45) is 17.4 Å². The molecule has 23 heavy (non-hydrogen) atoms. The molecule has 1 fully saturated rings. The van der Waals surface area contributed by atoms with Crippen molar-refractivity contribution < 1.29 is 17.9 Å². The first-order valence-corrected chi connectivity index (χ1v) is 8.45.